The van der Waals surface area contributed by atoms with E-state index in [9.17, 15) is 8.42 Å². The average molecular weight is 266 g/mol. The molecule has 1 saturated heterocycles. The maximum absolute atomic E-state index is 11.9. The monoisotopic (exact) mass is 266 g/mol. The zero-order valence-electron chi connectivity index (χ0n) is 10.3. The standard InChI is InChI=1S/C10H22N2O4S/c1-12(5-7-16-8-6-13)17(14,15)9-10-3-2-4-11-10/h10-11,13H,2-9H2,1H3. The van der Waals surface area contributed by atoms with Crippen LogP contribution in [0, 0.1) is 0 Å². The van der Waals surface area contributed by atoms with Gasteiger partial charge in [0.2, 0.25) is 10.0 Å². The minimum absolute atomic E-state index is 0.0392. The summed E-state index contributed by atoms with van der Waals surface area (Å²) in [6.45, 7) is 1.76. The third-order valence-electron chi connectivity index (χ3n) is 2.84. The third kappa shape index (κ3) is 5.31. The Morgan fingerprint density at radius 1 is 1.47 bits per heavy atom. The van der Waals surface area contributed by atoms with Gasteiger partial charge in [0.15, 0.2) is 0 Å². The van der Waals surface area contributed by atoms with Crippen LogP contribution >= 0.6 is 0 Å². The van der Waals surface area contributed by atoms with E-state index in [4.69, 9.17) is 9.84 Å². The summed E-state index contributed by atoms with van der Waals surface area (Å²) < 4.78 is 30.2. The molecule has 0 aromatic heterocycles. The Hall–Kier alpha value is -0.210. The number of aliphatic hydroxyl groups is 1. The highest BCUT2D eigenvalue weighted by molar-refractivity contribution is 7.89. The molecule has 1 rings (SSSR count). The minimum atomic E-state index is -3.20. The van der Waals surface area contributed by atoms with Crippen molar-refractivity contribution in [3.05, 3.63) is 0 Å². The fourth-order valence-electron chi connectivity index (χ4n) is 1.78. The lowest BCUT2D eigenvalue weighted by atomic mass is 10.3. The van der Waals surface area contributed by atoms with Crippen molar-refractivity contribution >= 4 is 10.0 Å². The lowest BCUT2D eigenvalue weighted by molar-refractivity contribution is 0.0876. The topological polar surface area (TPSA) is 78.9 Å². The molecule has 1 atom stereocenters. The van der Waals surface area contributed by atoms with Gasteiger partial charge in [-0.2, -0.15) is 0 Å². The summed E-state index contributed by atoms with van der Waals surface area (Å²) in [5.41, 5.74) is 0. The van der Waals surface area contributed by atoms with Crippen LogP contribution in [-0.4, -0.2) is 69.6 Å². The highest BCUT2D eigenvalue weighted by Crippen LogP contribution is 2.09. The highest BCUT2D eigenvalue weighted by Gasteiger charge is 2.25. The number of nitrogens with one attached hydrogen (secondary N) is 1. The van der Waals surface area contributed by atoms with E-state index in [0.717, 1.165) is 19.4 Å². The van der Waals surface area contributed by atoms with Crippen LogP contribution in [0.1, 0.15) is 12.8 Å². The molecule has 0 aliphatic carbocycles. The van der Waals surface area contributed by atoms with Crippen LogP contribution in [0.15, 0.2) is 0 Å². The normalized spacial score (nSPS) is 21.2. The van der Waals surface area contributed by atoms with Crippen LogP contribution in [0.3, 0.4) is 0 Å². The van der Waals surface area contributed by atoms with E-state index in [1.807, 2.05) is 0 Å². The number of hydrogen-bond acceptors (Lipinski definition) is 5. The lowest BCUT2D eigenvalue weighted by Crippen LogP contribution is -2.39. The van der Waals surface area contributed by atoms with Gasteiger partial charge in [0.25, 0.3) is 0 Å². The molecular formula is C10H22N2O4S. The zero-order valence-corrected chi connectivity index (χ0v) is 11.1. The Balaban J connectivity index is 2.29. The van der Waals surface area contributed by atoms with E-state index >= 15 is 0 Å². The SMILES string of the molecule is CN(CCOCCO)S(=O)(=O)CC1CCCN1. The number of sulfonamides is 1. The predicted molar refractivity (Wildman–Crippen MR) is 65.3 cm³/mol. The van der Waals surface area contributed by atoms with E-state index in [-0.39, 0.29) is 25.0 Å². The summed E-state index contributed by atoms with van der Waals surface area (Å²) in [6.07, 6.45) is 1.97. The average Bonchev–Trinajstić information content (AvgIpc) is 2.76. The van der Waals surface area contributed by atoms with E-state index in [0.29, 0.717) is 13.2 Å². The highest BCUT2D eigenvalue weighted by atomic mass is 32.2. The lowest BCUT2D eigenvalue weighted by Gasteiger charge is -2.19. The molecule has 1 unspecified atom stereocenters. The Labute approximate surface area is 103 Å². The number of hydrogen-bond donors (Lipinski definition) is 2. The van der Waals surface area contributed by atoms with Crippen molar-refractivity contribution < 1.29 is 18.3 Å². The van der Waals surface area contributed by atoms with Crippen molar-refractivity contribution in [3.63, 3.8) is 0 Å². The molecule has 102 valence electrons. The molecule has 0 bridgehead atoms. The van der Waals surface area contributed by atoms with Crippen molar-refractivity contribution in [2.24, 2.45) is 0 Å². The molecular weight excluding hydrogens is 244 g/mol. The molecule has 1 fully saturated rings. The third-order valence-corrected chi connectivity index (χ3v) is 4.79. The first-order chi connectivity index (χ1) is 8.06. The maximum Gasteiger partial charge on any atom is 0.215 e. The number of ether oxygens (including phenoxy) is 1. The van der Waals surface area contributed by atoms with Crippen LogP contribution in [0.4, 0.5) is 0 Å². The van der Waals surface area contributed by atoms with Crippen molar-refractivity contribution in [2.45, 2.75) is 18.9 Å². The Morgan fingerprint density at radius 2 is 2.24 bits per heavy atom. The Bertz CT molecular complexity index is 301. The number of rotatable bonds is 8. The van der Waals surface area contributed by atoms with Gasteiger partial charge in [0, 0.05) is 19.6 Å². The number of likely N-dealkylation sites (N-methyl/N-ethyl adjacent to an activating group) is 1. The number of nitrogens with zero attached hydrogens (tertiary/aromatic N) is 1. The minimum Gasteiger partial charge on any atom is -0.394 e. The van der Waals surface area contributed by atoms with E-state index < -0.39 is 10.0 Å². The molecule has 17 heavy (non-hydrogen) atoms. The van der Waals surface area contributed by atoms with Gasteiger partial charge < -0.3 is 15.2 Å². The first-order valence-corrected chi connectivity index (χ1v) is 7.53. The summed E-state index contributed by atoms with van der Waals surface area (Å²) >= 11 is 0. The predicted octanol–water partition coefficient (Wildman–Crippen LogP) is -0.991. The second kappa shape index (κ2) is 7.27. The smallest absolute Gasteiger partial charge is 0.215 e. The summed E-state index contributed by atoms with van der Waals surface area (Å²) in [4.78, 5) is 0. The van der Waals surface area contributed by atoms with Gasteiger partial charge in [0.1, 0.15) is 0 Å². The van der Waals surface area contributed by atoms with Gasteiger partial charge in [-0.1, -0.05) is 0 Å². The summed E-state index contributed by atoms with van der Waals surface area (Å²) in [5, 5.41) is 11.7. The fourth-order valence-corrected chi connectivity index (χ4v) is 3.18. The molecule has 0 aromatic carbocycles. The maximum atomic E-state index is 11.9. The van der Waals surface area contributed by atoms with Gasteiger partial charge >= 0.3 is 0 Å². The van der Waals surface area contributed by atoms with Gasteiger partial charge in [-0.25, -0.2) is 12.7 Å². The van der Waals surface area contributed by atoms with Gasteiger partial charge in [-0.05, 0) is 19.4 Å². The van der Waals surface area contributed by atoms with Crippen molar-refractivity contribution in [2.75, 3.05) is 45.7 Å². The van der Waals surface area contributed by atoms with Crippen LogP contribution in [0.5, 0.6) is 0 Å². The summed E-state index contributed by atoms with van der Waals surface area (Å²) in [7, 11) is -1.64. The number of aliphatic hydroxyl groups excluding tert-OH is 1. The van der Waals surface area contributed by atoms with Gasteiger partial charge in [-0.15, -0.1) is 0 Å². The Morgan fingerprint density at radius 3 is 2.82 bits per heavy atom. The fraction of sp³-hybridized carbons (Fsp3) is 1.00. The van der Waals surface area contributed by atoms with Crippen LogP contribution < -0.4 is 5.32 Å². The van der Waals surface area contributed by atoms with Crippen molar-refractivity contribution in [3.8, 4) is 0 Å². The van der Waals surface area contributed by atoms with Crippen molar-refractivity contribution in [1.82, 2.24) is 9.62 Å². The molecule has 1 aliphatic heterocycles. The molecule has 0 aromatic rings. The zero-order chi connectivity index (χ0) is 12.7. The van der Waals surface area contributed by atoms with Crippen LogP contribution in [0.25, 0.3) is 0 Å². The summed E-state index contributed by atoms with van der Waals surface area (Å²) in [6, 6.07) is 0.0841. The molecule has 0 radical (unpaired) electrons. The van der Waals surface area contributed by atoms with Crippen molar-refractivity contribution in [1.29, 1.82) is 0 Å². The second-order valence-electron chi connectivity index (χ2n) is 4.23. The first-order valence-electron chi connectivity index (χ1n) is 5.92. The van der Waals surface area contributed by atoms with Gasteiger partial charge in [0.05, 0.1) is 25.6 Å². The van der Waals surface area contributed by atoms with E-state index in [1.54, 1.807) is 7.05 Å². The summed E-state index contributed by atoms with van der Waals surface area (Å²) in [5.74, 6) is 0.156. The molecule has 2 N–H and O–H groups in total. The first kappa shape index (κ1) is 14.8. The molecule has 0 saturated carbocycles. The molecule has 7 heteroatoms. The molecule has 0 spiro atoms. The van der Waals surface area contributed by atoms with Gasteiger partial charge in [-0.3, -0.25) is 0 Å². The largest absolute Gasteiger partial charge is 0.394 e. The quantitative estimate of drug-likeness (QED) is 0.552. The van der Waals surface area contributed by atoms with E-state index in [1.165, 1.54) is 4.31 Å². The van der Waals surface area contributed by atoms with E-state index in [2.05, 4.69) is 5.32 Å². The molecule has 0 amide bonds. The van der Waals surface area contributed by atoms with Crippen LogP contribution in [0.2, 0.25) is 0 Å². The Kier molecular flexibility index (Phi) is 6.35. The molecule has 6 nitrogen and oxygen atoms in total. The molecule has 1 aliphatic rings. The molecule has 1 heterocycles. The second-order valence-corrected chi connectivity index (χ2v) is 6.35. The van der Waals surface area contributed by atoms with Crippen LogP contribution in [-0.2, 0) is 14.8 Å².